The molecule has 1 aliphatic carbocycles. The smallest absolute Gasteiger partial charge is 0.310 e. The van der Waals surface area contributed by atoms with Crippen molar-refractivity contribution in [2.45, 2.75) is 65.8 Å². The molecule has 0 aromatic rings. The summed E-state index contributed by atoms with van der Waals surface area (Å²) in [7, 11) is 1.83. The quantitative estimate of drug-likeness (QED) is 0.843. The van der Waals surface area contributed by atoms with Crippen LogP contribution in [0.5, 0.6) is 0 Å². The molecule has 0 bridgehead atoms. The Morgan fingerprint density at radius 1 is 1.30 bits per heavy atom. The maximum atomic E-state index is 12.5. The monoisotopic (exact) mass is 283 g/mol. The molecule has 0 heterocycles. The van der Waals surface area contributed by atoms with Crippen molar-refractivity contribution in [2.24, 2.45) is 17.3 Å². The normalized spacial score (nSPS) is 26.1. The van der Waals surface area contributed by atoms with Gasteiger partial charge in [-0.3, -0.25) is 9.59 Å². The molecule has 116 valence electrons. The number of carbonyl (C=O) groups excluding carboxylic acids is 1. The third kappa shape index (κ3) is 3.53. The first-order valence-corrected chi connectivity index (χ1v) is 7.69. The molecule has 4 heteroatoms. The van der Waals surface area contributed by atoms with E-state index in [-0.39, 0.29) is 24.3 Å². The van der Waals surface area contributed by atoms with Crippen LogP contribution in [-0.4, -0.2) is 35.0 Å². The van der Waals surface area contributed by atoms with Gasteiger partial charge in [0.15, 0.2) is 0 Å². The summed E-state index contributed by atoms with van der Waals surface area (Å²) in [5, 5.41) is 9.43. The van der Waals surface area contributed by atoms with E-state index in [1.165, 1.54) is 6.42 Å². The molecule has 1 saturated carbocycles. The molecule has 1 fully saturated rings. The van der Waals surface area contributed by atoms with Crippen LogP contribution in [-0.2, 0) is 9.59 Å². The second-order valence-corrected chi connectivity index (χ2v) is 6.89. The molecule has 0 spiro atoms. The van der Waals surface area contributed by atoms with Gasteiger partial charge in [-0.2, -0.15) is 0 Å². The fraction of sp³-hybridized carbons (Fsp3) is 0.875. The predicted molar refractivity (Wildman–Crippen MR) is 79.4 cm³/mol. The van der Waals surface area contributed by atoms with Gasteiger partial charge in [0.05, 0.1) is 5.41 Å². The van der Waals surface area contributed by atoms with Crippen LogP contribution in [0.4, 0.5) is 0 Å². The SMILES string of the molecule is CC1CCCCC1N(C)C(=O)CC(C)(C(=O)O)C(C)C. The molecule has 0 saturated heterocycles. The van der Waals surface area contributed by atoms with Gasteiger partial charge in [0.1, 0.15) is 0 Å². The van der Waals surface area contributed by atoms with Gasteiger partial charge in [-0.05, 0) is 31.6 Å². The number of aliphatic carboxylic acids is 1. The zero-order valence-electron chi connectivity index (χ0n) is 13.5. The van der Waals surface area contributed by atoms with Gasteiger partial charge in [0, 0.05) is 19.5 Å². The average Bonchev–Trinajstić information content (AvgIpc) is 2.37. The molecule has 0 aromatic heterocycles. The van der Waals surface area contributed by atoms with E-state index in [4.69, 9.17) is 0 Å². The van der Waals surface area contributed by atoms with Crippen molar-refractivity contribution in [3.8, 4) is 0 Å². The second kappa shape index (κ2) is 6.59. The minimum absolute atomic E-state index is 0.0395. The van der Waals surface area contributed by atoms with E-state index < -0.39 is 11.4 Å². The lowest BCUT2D eigenvalue weighted by Crippen LogP contribution is -2.46. The first-order valence-electron chi connectivity index (χ1n) is 7.69. The lowest BCUT2D eigenvalue weighted by Gasteiger charge is -2.38. The minimum atomic E-state index is -0.983. The van der Waals surface area contributed by atoms with Gasteiger partial charge >= 0.3 is 5.97 Å². The number of amides is 1. The third-order valence-electron chi connectivity index (χ3n) is 5.24. The van der Waals surface area contributed by atoms with Crippen LogP contribution in [0.1, 0.15) is 59.8 Å². The number of carboxylic acid groups (broad SMARTS) is 1. The van der Waals surface area contributed by atoms with E-state index in [1.54, 1.807) is 11.8 Å². The third-order valence-corrected chi connectivity index (χ3v) is 5.24. The molecule has 1 amide bonds. The highest BCUT2D eigenvalue weighted by atomic mass is 16.4. The summed E-state index contributed by atoms with van der Waals surface area (Å²) in [5.74, 6) is -0.484. The number of carbonyl (C=O) groups is 2. The second-order valence-electron chi connectivity index (χ2n) is 6.89. The van der Waals surface area contributed by atoms with Crippen molar-refractivity contribution in [3.63, 3.8) is 0 Å². The van der Waals surface area contributed by atoms with Gasteiger partial charge < -0.3 is 10.0 Å². The van der Waals surface area contributed by atoms with Crippen LogP contribution in [0.3, 0.4) is 0 Å². The largest absolute Gasteiger partial charge is 0.481 e. The van der Waals surface area contributed by atoms with E-state index in [1.807, 2.05) is 20.9 Å². The van der Waals surface area contributed by atoms with Gasteiger partial charge in [0.25, 0.3) is 0 Å². The highest BCUT2D eigenvalue weighted by molar-refractivity contribution is 5.85. The first kappa shape index (κ1) is 17.0. The molecule has 20 heavy (non-hydrogen) atoms. The molecule has 1 N–H and O–H groups in total. The molecule has 1 aliphatic rings. The lowest BCUT2D eigenvalue weighted by atomic mass is 9.75. The van der Waals surface area contributed by atoms with E-state index in [0.29, 0.717) is 5.92 Å². The van der Waals surface area contributed by atoms with Crippen molar-refractivity contribution >= 4 is 11.9 Å². The van der Waals surface area contributed by atoms with Gasteiger partial charge in [-0.15, -0.1) is 0 Å². The predicted octanol–water partition coefficient (Wildman–Crippen LogP) is 3.16. The van der Waals surface area contributed by atoms with E-state index >= 15 is 0 Å². The summed E-state index contributed by atoms with van der Waals surface area (Å²) in [4.78, 5) is 25.8. The molecule has 0 aromatic carbocycles. The Morgan fingerprint density at radius 2 is 1.85 bits per heavy atom. The maximum Gasteiger partial charge on any atom is 0.310 e. The summed E-state index contributed by atoms with van der Waals surface area (Å²) >= 11 is 0. The topological polar surface area (TPSA) is 57.6 Å². The summed E-state index contributed by atoms with van der Waals surface area (Å²) in [6, 6.07) is 0.265. The number of nitrogens with zero attached hydrogens (tertiary/aromatic N) is 1. The van der Waals surface area contributed by atoms with E-state index in [9.17, 15) is 14.7 Å². The molecule has 3 atom stereocenters. The highest BCUT2D eigenvalue weighted by Gasteiger charge is 2.40. The number of rotatable bonds is 5. The number of carboxylic acids is 1. The van der Waals surface area contributed by atoms with Crippen molar-refractivity contribution in [2.75, 3.05) is 7.05 Å². The zero-order chi connectivity index (χ0) is 15.5. The van der Waals surface area contributed by atoms with Crippen LogP contribution in [0.15, 0.2) is 0 Å². The molecular formula is C16H29NO3. The van der Waals surface area contributed by atoms with E-state index in [2.05, 4.69) is 6.92 Å². The van der Waals surface area contributed by atoms with Gasteiger partial charge in [-0.1, -0.05) is 33.6 Å². The van der Waals surface area contributed by atoms with Gasteiger partial charge in [0.2, 0.25) is 5.91 Å². The van der Waals surface area contributed by atoms with Crippen molar-refractivity contribution in [3.05, 3.63) is 0 Å². The number of hydrogen-bond acceptors (Lipinski definition) is 2. The van der Waals surface area contributed by atoms with E-state index in [0.717, 1.165) is 19.3 Å². The fourth-order valence-corrected chi connectivity index (χ4v) is 3.02. The molecular weight excluding hydrogens is 254 g/mol. The summed E-state index contributed by atoms with van der Waals surface area (Å²) in [6.07, 6.45) is 4.67. The molecule has 4 nitrogen and oxygen atoms in total. The van der Waals surface area contributed by atoms with Crippen LogP contribution >= 0.6 is 0 Å². The van der Waals surface area contributed by atoms with Crippen LogP contribution < -0.4 is 0 Å². The Hall–Kier alpha value is -1.06. The first-order chi connectivity index (χ1) is 9.20. The maximum absolute atomic E-state index is 12.5. The van der Waals surface area contributed by atoms with Crippen LogP contribution in [0.2, 0.25) is 0 Å². The Labute approximate surface area is 122 Å². The Bertz CT molecular complexity index is 367. The summed E-state index contributed by atoms with van der Waals surface area (Å²) < 4.78 is 0. The number of hydrogen-bond donors (Lipinski definition) is 1. The minimum Gasteiger partial charge on any atom is -0.481 e. The zero-order valence-corrected chi connectivity index (χ0v) is 13.5. The Kier molecular flexibility index (Phi) is 5.60. The van der Waals surface area contributed by atoms with Gasteiger partial charge in [-0.25, -0.2) is 0 Å². The highest BCUT2D eigenvalue weighted by Crippen LogP contribution is 2.34. The molecule has 1 rings (SSSR count). The van der Waals surface area contributed by atoms with Crippen molar-refractivity contribution in [1.82, 2.24) is 4.90 Å². The van der Waals surface area contributed by atoms with Crippen LogP contribution in [0, 0.1) is 17.3 Å². The standard InChI is InChI=1S/C16H29NO3/c1-11(2)16(4,15(19)20)10-14(18)17(5)13-9-7-6-8-12(13)3/h11-13H,6-10H2,1-5H3,(H,19,20). The molecule has 0 radical (unpaired) electrons. The van der Waals surface area contributed by atoms with Crippen LogP contribution in [0.25, 0.3) is 0 Å². The fourth-order valence-electron chi connectivity index (χ4n) is 3.02. The van der Waals surface area contributed by atoms with Crippen molar-refractivity contribution in [1.29, 1.82) is 0 Å². The Morgan fingerprint density at radius 3 is 2.30 bits per heavy atom. The Balaban J connectivity index is 2.76. The summed E-state index contributed by atoms with van der Waals surface area (Å²) in [6.45, 7) is 7.59. The lowest BCUT2D eigenvalue weighted by molar-refractivity contribution is -0.156. The summed E-state index contributed by atoms with van der Waals surface area (Å²) in [5.41, 5.74) is -0.983. The van der Waals surface area contributed by atoms with Crippen molar-refractivity contribution < 1.29 is 14.7 Å². The molecule has 3 unspecified atom stereocenters. The molecule has 0 aliphatic heterocycles. The average molecular weight is 283 g/mol.